The Morgan fingerprint density at radius 3 is 2.70 bits per heavy atom. The molecule has 0 aliphatic heterocycles. The maximum atomic E-state index is 12.8. The molecule has 0 spiro atoms. The van der Waals surface area contributed by atoms with Gasteiger partial charge in [-0.25, -0.2) is 14.8 Å². The molecule has 0 aromatic carbocycles. The monoisotopic (exact) mass is 485 g/mol. The van der Waals surface area contributed by atoms with Crippen LogP contribution >= 0.6 is 23.1 Å². The number of ketones is 1. The number of rotatable bonds is 9. The molecule has 0 atom stereocenters. The fourth-order valence-electron chi connectivity index (χ4n) is 3.66. The molecule has 2 fully saturated rings. The molecule has 2 N–H and O–H groups in total. The third-order valence-corrected chi connectivity index (χ3v) is 7.81. The van der Waals surface area contributed by atoms with E-state index in [0.29, 0.717) is 34.3 Å². The van der Waals surface area contributed by atoms with E-state index in [4.69, 9.17) is 0 Å². The van der Waals surface area contributed by atoms with Gasteiger partial charge in [-0.2, -0.15) is 0 Å². The molecule has 5 rings (SSSR count). The summed E-state index contributed by atoms with van der Waals surface area (Å²) in [5.74, 6) is 0.888. The van der Waals surface area contributed by atoms with Crippen LogP contribution in [0.4, 0.5) is 0 Å². The van der Waals surface area contributed by atoms with Crippen LogP contribution in [0.1, 0.15) is 64.9 Å². The minimum absolute atomic E-state index is 0.0533. The van der Waals surface area contributed by atoms with E-state index in [1.807, 2.05) is 6.07 Å². The number of hydrogen-bond acceptors (Lipinski definition) is 8. The predicted octanol–water partition coefficient (Wildman–Crippen LogP) is 2.41. The molecule has 9 nitrogen and oxygen atoms in total. The van der Waals surface area contributed by atoms with Crippen LogP contribution in [-0.2, 0) is 11.2 Å². The van der Waals surface area contributed by atoms with Crippen molar-refractivity contribution < 1.29 is 9.59 Å². The van der Waals surface area contributed by atoms with Crippen LogP contribution in [0.2, 0.25) is 0 Å². The van der Waals surface area contributed by atoms with Crippen molar-refractivity contribution >= 4 is 45.8 Å². The SMILES string of the molecule is CC(=O)NCCc1ccc(C(=O)CSc2nc(C3CC3)nc3c2c(=O)[nH]c(=O)n3C2CC2)s1. The van der Waals surface area contributed by atoms with Gasteiger partial charge in [0, 0.05) is 30.3 Å². The highest BCUT2D eigenvalue weighted by molar-refractivity contribution is 8.00. The highest BCUT2D eigenvalue weighted by Gasteiger charge is 2.32. The Labute approximate surface area is 197 Å². The van der Waals surface area contributed by atoms with Gasteiger partial charge < -0.3 is 5.32 Å². The standard InChI is InChI=1S/C22H23N5O4S2/c1-11(28)23-9-8-14-6-7-16(33-14)15(29)10-32-21-17-19(24-18(25-21)12-2-3-12)27(13-4-5-13)22(31)26-20(17)30/h6-7,12-13H,2-5,8-10H2,1H3,(H,23,28)(H,26,30,31). The summed E-state index contributed by atoms with van der Waals surface area (Å²) in [6.45, 7) is 2.00. The van der Waals surface area contributed by atoms with Crippen molar-refractivity contribution in [1.82, 2.24) is 24.8 Å². The lowest BCUT2D eigenvalue weighted by Gasteiger charge is -2.11. The van der Waals surface area contributed by atoms with Gasteiger partial charge in [0.15, 0.2) is 11.4 Å². The summed E-state index contributed by atoms with van der Waals surface area (Å²) < 4.78 is 1.58. The maximum Gasteiger partial charge on any atom is 0.330 e. The topological polar surface area (TPSA) is 127 Å². The Kier molecular flexibility index (Phi) is 5.92. The largest absolute Gasteiger partial charge is 0.356 e. The third kappa shape index (κ3) is 4.79. The van der Waals surface area contributed by atoms with Crippen LogP contribution in [0.15, 0.2) is 26.7 Å². The van der Waals surface area contributed by atoms with Crippen LogP contribution in [-0.4, -0.2) is 43.5 Å². The molecule has 0 bridgehead atoms. The van der Waals surface area contributed by atoms with E-state index in [2.05, 4.69) is 20.3 Å². The molecule has 3 aromatic heterocycles. The first-order valence-corrected chi connectivity index (χ1v) is 12.8. The second-order valence-corrected chi connectivity index (χ2v) is 10.6. The fourth-order valence-corrected chi connectivity index (χ4v) is 5.61. The predicted molar refractivity (Wildman–Crippen MR) is 126 cm³/mol. The van der Waals surface area contributed by atoms with Crippen molar-refractivity contribution in [1.29, 1.82) is 0 Å². The van der Waals surface area contributed by atoms with Gasteiger partial charge in [0.1, 0.15) is 16.2 Å². The third-order valence-electron chi connectivity index (χ3n) is 5.64. The van der Waals surface area contributed by atoms with E-state index in [9.17, 15) is 19.2 Å². The van der Waals surface area contributed by atoms with Crippen LogP contribution in [0.25, 0.3) is 11.0 Å². The van der Waals surface area contributed by atoms with E-state index in [1.54, 1.807) is 10.6 Å². The Morgan fingerprint density at radius 2 is 2.00 bits per heavy atom. The molecule has 1 amide bonds. The van der Waals surface area contributed by atoms with Crippen molar-refractivity contribution in [2.75, 3.05) is 12.3 Å². The number of H-pyrrole nitrogens is 1. The number of carbonyl (C=O) groups is 2. The Balaban J connectivity index is 1.40. The lowest BCUT2D eigenvalue weighted by atomic mass is 10.3. The van der Waals surface area contributed by atoms with E-state index in [-0.39, 0.29) is 34.8 Å². The van der Waals surface area contributed by atoms with Crippen molar-refractivity contribution in [2.45, 2.75) is 56.0 Å². The normalized spacial score (nSPS) is 15.7. The highest BCUT2D eigenvalue weighted by Crippen LogP contribution is 2.41. The second-order valence-electron chi connectivity index (χ2n) is 8.43. The second kappa shape index (κ2) is 8.86. The lowest BCUT2D eigenvalue weighted by Crippen LogP contribution is -2.31. The molecule has 0 radical (unpaired) electrons. The van der Waals surface area contributed by atoms with E-state index in [1.165, 1.54) is 30.0 Å². The maximum absolute atomic E-state index is 12.8. The Hall–Kier alpha value is -2.79. The van der Waals surface area contributed by atoms with Gasteiger partial charge in [-0.05, 0) is 44.2 Å². The average molecular weight is 486 g/mol. The van der Waals surface area contributed by atoms with Crippen LogP contribution in [0.3, 0.4) is 0 Å². The number of fused-ring (bicyclic) bond motifs is 1. The van der Waals surface area contributed by atoms with Crippen LogP contribution in [0, 0.1) is 0 Å². The summed E-state index contributed by atoms with van der Waals surface area (Å²) in [5, 5.41) is 3.48. The van der Waals surface area contributed by atoms with Gasteiger partial charge in [0.05, 0.1) is 10.6 Å². The number of nitrogens with one attached hydrogen (secondary N) is 2. The molecule has 2 aliphatic carbocycles. The number of aromatic nitrogens is 4. The quantitative estimate of drug-likeness (QED) is 0.271. The molecule has 0 saturated heterocycles. The van der Waals surface area contributed by atoms with Gasteiger partial charge in [-0.15, -0.1) is 11.3 Å². The summed E-state index contributed by atoms with van der Waals surface area (Å²) >= 11 is 2.63. The van der Waals surface area contributed by atoms with E-state index >= 15 is 0 Å². The van der Waals surface area contributed by atoms with E-state index in [0.717, 1.165) is 30.6 Å². The number of thioether (sulfide) groups is 1. The van der Waals surface area contributed by atoms with Gasteiger partial charge in [-0.1, -0.05) is 11.8 Å². The molecule has 2 saturated carbocycles. The van der Waals surface area contributed by atoms with Crippen LogP contribution < -0.4 is 16.6 Å². The average Bonchev–Trinajstić information content (AvgIpc) is 3.70. The van der Waals surface area contributed by atoms with Gasteiger partial charge >= 0.3 is 5.69 Å². The molecule has 33 heavy (non-hydrogen) atoms. The molecule has 3 heterocycles. The van der Waals surface area contributed by atoms with Crippen molar-refractivity contribution in [2.24, 2.45) is 0 Å². The fraction of sp³-hybridized carbons (Fsp3) is 0.455. The first kappa shape index (κ1) is 22.0. The zero-order chi connectivity index (χ0) is 23.1. The van der Waals surface area contributed by atoms with Gasteiger partial charge in [0.2, 0.25) is 5.91 Å². The summed E-state index contributed by atoms with van der Waals surface area (Å²) in [6, 6.07) is 3.75. The molecular weight excluding hydrogens is 462 g/mol. The minimum atomic E-state index is -0.513. The van der Waals surface area contributed by atoms with E-state index < -0.39 is 11.2 Å². The molecule has 3 aromatic rings. The first-order valence-electron chi connectivity index (χ1n) is 11.0. The molecule has 2 aliphatic rings. The number of carbonyl (C=O) groups excluding carboxylic acids is 2. The smallest absolute Gasteiger partial charge is 0.330 e. The van der Waals surface area contributed by atoms with Crippen molar-refractivity contribution in [3.63, 3.8) is 0 Å². The number of amides is 1. The highest BCUT2D eigenvalue weighted by atomic mass is 32.2. The zero-order valence-electron chi connectivity index (χ0n) is 18.1. The Morgan fingerprint density at radius 1 is 1.21 bits per heavy atom. The first-order chi connectivity index (χ1) is 15.9. The zero-order valence-corrected chi connectivity index (χ0v) is 19.7. The lowest BCUT2D eigenvalue weighted by molar-refractivity contribution is -0.118. The summed E-state index contributed by atoms with van der Waals surface area (Å²) in [5.41, 5.74) is -0.567. The van der Waals surface area contributed by atoms with Gasteiger partial charge in [-0.3, -0.25) is 23.9 Å². The van der Waals surface area contributed by atoms with Crippen LogP contribution in [0.5, 0.6) is 0 Å². The number of nitrogens with zero attached hydrogens (tertiary/aromatic N) is 3. The number of aromatic amines is 1. The number of Topliss-reactive ketones (excluding diaryl/α,β-unsaturated/α-hetero) is 1. The van der Waals surface area contributed by atoms with Crippen molar-refractivity contribution in [3.05, 3.63) is 48.5 Å². The summed E-state index contributed by atoms with van der Waals surface area (Å²) in [4.78, 5) is 62.3. The summed E-state index contributed by atoms with van der Waals surface area (Å²) in [7, 11) is 0. The Bertz CT molecular complexity index is 1370. The number of thiophene rings is 1. The number of hydrogen-bond donors (Lipinski definition) is 2. The summed E-state index contributed by atoms with van der Waals surface area (Å²) in [6.07, 6.45) is 4.41. The molecular formula is C22H23N5O4S2. The molecule has 172 valence electrons. The van der Waals surface area contributed by atoms with Gasteiger partial charge in [0.25, 0.3) is 5.56 Å². The molecule has 0 unspecified atom stereocenters. The van der Waals surface area contributed by atoms with Crippen molar-refractivity contribution in [3.8, 4) is 0 Å². The minimum Gasteiger partial charge on any atom is -0.356 e. The molecule has 11 heteroatoms.